The Kier molecular flexibility index (Phi) is 5.44. The molecule has 0 saturated carbocycles. The van der Waals surface area contributed by atoms with Gasteiger partial charge in [0.05, 0.1) is 0 Å². The molecule has 2 N–H and O–H groups in total. The van der Waals surface area contributed by atoms with Crippen molar-refractivity contribution in [1.29, 1.82) is 0 Å². The van der Waals surface area contributed by atoms with E-state index in [4.69, 9.17) is 4.52 Å². The molecule has 1 aliphatic rings. The average Bonchev–Trinajstić information content (AvgIpc) is 2.84. The highest BCUT2D eigenvalue weighted by Crippen LogP contribution is 2.20. The van der Waals surface area contributed by atoms with E-state index in [9.17, 15) is 8.42 Å². The van der Waals surface area contributed by atoms with Gasteiger partial charge in [0.15, 0.2) is 5.58 Å². The minimum atomic E-state index is -3.43. The van der Waals surface area contributed by atoms with E-state index < -0.39 is 10.0 Å². The number of benzene rings is 1. The van der Waals surface area contributed by atoms with Crippen molar-refractivity contribution < 1.29 is 12.9 Å². The van der Waals surface area contributed by atoms with Crippen LogP contribution in [0.1, 0.15) is 19.0 Å². The van der Waals surface area contributed by atoms with E-state index in [1.165, 1.54) is 0 Å². The monoisotopic (exact) mass is 345 g/mol. The molecule has 0 amide bonds. The lowest BCUT2D eigenvalue weighted by molar-refractivity contribution is 0.328. The molecule has 2 unspecified atom stereocenters. The van der Waals surface area contributed by atoms with E-state index in [1.54, 1.807) is 6.07 Å². The molecule has 3 rings (SSSR count). The van der Waals surface area contributed by atoms with Crippen LogP contribution in [0.3, 0.4) is 0 Å². The standard InChI is InChI=1S/C14H19N3O3S.ClH/c1-10-8-15-7-6-12(10)17-21(18,19)9-13-11-4-2-3-5-14(11)20-16-13;/h2-5,10,12,15,17H,6-9H2,1H3;1H. The molecule has 6 nitrogen and oxygen atoms in total. The largest absolute Gasteiger partial charge is 0.356 e. The minimum absolute atomic E-state index is 0. The fraction of sp³-hybridized carbons (Fsp3) is 0.500. The van der Waals surface area contributed by atoms with Crippen LogP contribution in [-0.4, -0.2) is 32.7 Å². The lowest BCUT2D eigenvalue weighted by Crippen LogP contribution is -2.48. The number of hydrogen-bond donors (Lipinski definition) is 2. The molecule has 1 fully saturated rings. The van der Waals surface area contributed by atoms with Crippen molar-refractivity contribution in [2.45, 2.75) is 25.1 Å². The summed E-state index contributed by atoms with van der Waals surface area (Å²) in [7, 11) is -3.43. The van der Waals surface area contributed by atoms with E-state index in [0.717, 1.165) is 24.9 Å². The molecular formula is C14H20ClN3O3S. The van der Waals surface area contributed by atoms with Gasteiger partial charge >= 0.3 is 0 Å². The molecule has 122 valence electrons. The number of nitrogens with one attached hydrogen (secondary N) is 2. The number of aromatic nitrogens is 1. The molecule has 8 heteroatoms. The Balaban J connectivity index is 0.00000176. The summed E-state index contributed by atoms with van der Waals surface area (Å²) in [6.07, 6.45) is 0.806. The summed E-state index contributed by atoms with van der Waals surface area (Å²) < 4.78 is 32.6. The summed E-state index contributed by atoms with van der Waals surface area (Å²) in [4.78, 5) is 0. The first-order valence-corrected chi connectivity index (χ1v) is 8.74. The van der Waals surface area contributed by atoms with Crippen LogP contribution in [0.2, 0.25) is 0 Å². The zero-order valence-electron chi connectivity index (χ0n) is 12.3. The maximum Gasteiger partial charge on any atom is 0.217 e. The van der Waals surface area contributed by atoms with Gasteiger partial charge in [-0.1, -0.05) is 24.2 Å². The third kappa shape index (κ3) is 3.78. The Morgan fingerprint density at radius 1 is 1.41 bits per heavy atom. The second kappa shape index (κ2) is 6.95. The van der Waals surface area contributed by atoms with Gasteiger partial charge in [0.2, 0.25) is 10.0 Å². The topological polar surface area (TPSA) is 84.2 Å². The van der Waals surface area contributed by atoms with Gasteiger partial charge in [-0.2, -0.15) is 0 Å². The highest BCUT2D eigenvalue weighted by atomic mass is 35.5. The molecule has 2 aromatic rings. The lowest BCUT2D eigenvalue weighted by atomic mass is 9.97. The predicted octanol–water partition coefficient (Wildman–Crippen LogP) is 1.67. The van der Waals surface area contributed by atoms with E-state index in [2.05, 4.69) is 15.2 Å². The molecule has 1 aromatic heterocycles. The molecule has 0 aliphatic carbocycles. The molecule has 0 spiro atoms. The summed E-state index contributed by atoms with van der Waals surface area (Å²) in [6.45, 7) is 3.72. The van der Waals surface area contributed by atoms with Gasteiger partial charge in [0, 0.05) is 11.4 Å². The Morgan fingerprint density at radius 3 is 2.95 bits per heavy atom. The maximum absolute atomic E-state index is 12.3. The van der Waals surface area contributed by atoms with E-state index >= 15 is 0 Å². The van der Waals surface area contributed by atoms with Gasteiger partial charge in [-0.25, -0.2) is 13.1 Å². The average molecular weight is 346 g/mol. The first-order valence-electron chi connectivity index (χ1n) is 7.09. The van der Waals surface area contributed by atoms with Gasteiger partial charge in [-0.3, -0.25) is 0 Å². The fourth-order valence-electron chi connectivity index (χ4n) is 2.68. The van der Waals surface area contributed by atoms with Crippen LogP contribution in [0.5, 0.6) is 0 Å². The summed E-state index contributed by atoms with van der Waals surface area (Å²) in [5.41, 5.74) is 1.07. The van der Waals surface area contributed by atoms with E-state index in [-0.39, 0.29) is 30.1 Å². The van der Waals surface area contributed by atoms with Gasteiger partial charge < -0.3 is 9.84 Å². The zero-order valence-corrected chi connectivity index (χ0v) is 13.9. The number of nitrogens with zero attached hydrogens (tertiary/aromatic N) is 1. The highest BCUT2D eigenvalue weighted by Gasteiger charge is 2.26. The maximum atomic E-state index is 12.3. The quantitative estimate of drug-likeness (QED) is 0.880. The van der Waals surface area contributed by atoms with Crippen molar-refractivity contribution in [2.75, 3.05) is 13.1 Å². The van der Waals surface area contributed by atoms with Crippen molar-refractivity contribution >= 4 is 33.4 Å². The molecule has 1 aromatic carbocycles. The molecule has 0 radical (unpaired) electrons. The van der Waals surface area contributed by atoms with Gasteiger partial charge in [-0.05, 0) is 37.6 Å². The number of hydrogen-bond acceptors (Lipinski definition) is 5. The van der Waals surface area contributed by atoms with E-state index in [0.29, 0.717) is 11.3 Å². The predicted molar refractivity (Wildman–Crippen MR) is 87.5 cm³/mol. The number of piperidine rings is 1. The SMILES string of the molecule is CC1CNCCC1NS(=O)(=O)Cc1noc2ccccc12.Cl. The van der Waals surface area contributed by atoms with Crippen LogP contribution in [0, 0.1) is 5.92 Å². The first kappa shape index (κ1) is 17.2. The minimum Gasteiger partial charge on any atom is -0.356 e. The van der Waals surface area contributed by atoms with Crippen LogP contribution < -0.4 is 10.0 Å². The second-order valence-corrected chi connectivity index (χ2v) is 7.33. The Morgan fingerprint density at radius 2 is 2.18 bits per heavy atom. The van der Waals surface area contributed by atoms with Crippen molar-refractivity contribution in [1.82, 2.24) is 15.2 Å². The van der Waals surface area contributed by atoms with Gasteiger partial charge in [-0.15, -0.1) is 12.4 Å². The van der Waals surface area contributed by atoms with Crippen LogP contribution >= 0.6 is 12.4 Å². The van der Waals surface area contributed by atoms with Gasteiger partial charge in [0.1, 0.15) is 11.4 Å². The molecule has 2 heterocycles. The summed E-state index contributed by atoms with van der Waals surface area (Å²) in [5.74, 6) is 0.128. The third-order valence-corrected chi connectivity index (χ3v) is 5.21. The number of rotatable bonds is 4. The fourth-order valence-corrected chi connectivity index (χ4v) is 4.15. The van der Waals surface area contributed by atoms with Crippen LogP contribution in [0.25, 0.3) is 11.0 Å². The van der Waals surface area contributed by atoms with Crippen LogP contribution in [0.15, 0.2) is 28.8 Å². The molecule has 1 aliphatic heterocycles. The zero-order chi connectivity index (χ0) is 14.9. The summed E-state index contributed by atoms with van der Waals surface area (Å²) in [6, 6.07) is 7.26. The molecule has 1 saturated heterocycles. The Bertz CT molecular complexity index is 732. The van der Waals surface area contributed by atoms with Crippen molar-refractivity contribution in [3.63, 3.8) is 0 Å². The van der Waals surface area contributed by atoms with Gasteiger partial charge in [0.25, 0.3) is 0 Å². The number of fused-ring (bicyclic) bond motifs is 1. The number of para-hydroxylation sites is 1. The molecule has 0 bridgehead atoms. The molecule has 2 atom stereocenters. The molecule has 22 heavy (non-hydrogen) atoms. The third-order valence-electron chi connectivity index (χ3n) is 3.90. The van der Waals surface area contributed by atoms with Crippen molar-refractivity contribution in [3.05, 3.63) is 30.0 Å². The number of halogens is 1. The smallest absolute Gasteiger partial charge is 0.217 e. The highest BCUT2D eigenvalue weighted by molar-refractivity contribution is 7.88. The van der Waals surface area contributed by atoms with E-state index in [1.807, 2.05) is 25.1 Å². The Labute approximate surface area is 136 Å². The van der Waals surface area contributed by atoms with Crippen LogP contribution in [-0.2, 0) is 15.8 Å². The summed E-state index contributed by atoms with van der Waals surface area (Å²) in [5, 5.41) is 7.90. The molecular weight excluding hydrogens is 326 g/mol. The summed E-state index contributed by atoms with van der Waals surface area (Å²) >= 11 is 0. The van der Waals surface area contributed by atoms with Crippen LogP contribution in [0.4, 0.5) is 0 Å². The Hall–Kier alpha value is -1.15. The lowest BCUT2D eigenvalue weighted by Gasteiger charge is -2.29. The number of sulfonamides is 1. The normalized spacial score (nSPS) is 22.4. The van der Waals surface area contributed by atoms with Crippen molar-refractivity contribution in [3.8, 4) is 0 Å². The van der Waals surface area contributed by atoms with Crippen molar-refractivity contribution in [2.24, 2.45) is 5.92 Å². The first-order chi connectivity index (χ1) is 10.1. The second-order valence-electron chi connectivity index (χ2n) is 5.58.